The monoisotopic (exact) mass is 386 g/mol. The summed E-state index contributed by atoms with van der Waals surface area (Å²) < 4.78 is 12.3. The fourth-order valence-corrected chi connectivity index (χ4v) is 7.46. The molecule has 0 saturated heterocycles. The van der Waals surface area contributed by atoms with E-state index in [4.69, 9.17) is 8.85 Å². The zero-order valence-electron chi connectivity index (χ0n) is 18.8. The first kappa shape index (κ1) is 26.1. The molecule has 158 valence electrons. The molecule has 0 aromatic rings. The van der Waals surface area contributed by atoms with Crippen LogP contribution in [0.3, 0.4) is 0 Å². The van der Waals surface area contributed by atoms with Crippen molar-refractivity contribution in [3.63, 3.8) is 0 Å². The average Bonchev–Trinajstić information content (AvgIpc) is 2.63. The van der Waals surface area contributed by atoms with Crippen molar-refractivity contribution in [3.8, 4) is 0 Å². The van der Waals surface area contributed by atoms with Crippen molar-refractivity contribution in [3.05, 3.63) is 0 Å². The molecule has 0 fully saturated rings. The summed E-state index contributed by atoms with van der Waals surface area (Å²) in [5.41, 5.74) is 0. The molecule has 0 aliphatic carbocycles. The number of unbranched alkanes of at least 4 members (excludes halogenated alkanes) is 13. The summed E-state index contributed by atoms with van der Waals surface area (Å²) in [4.78, 5) is 0. The molecule has 0 aliphatic heterocycles. The van der Waals surface area contributed by atoms with Crippen molar-refractivity contribution in [2.75, 3.05) is 13.2 Å². The topological polar surface area (TPSA) is 18.5 Å². The van der Waals surface area contributed by atoms with Crippen LogP contribution in [0.4, 0.5) is 0 Å². The molecular weight excluding hydrogens is 336 g/mol. The highest BCUT2D eigenvalue weighted by Gasteiger charge is 2.35. The van der Waals surface area contributed by atoms with E-state index in [0.29, 0.717) is 0 Å². The molecule has 26 heavy (non-hydrogen) atoms. The maximum absolute atomic E-state index is 6.14. The van der Waals surface area contributed by atoms with Gasteiger partial charge in [0.05, 0.1) is 0 Å². The Morgan fingerprint density at radius 1 is 0.423 bits per heavy atom. The third-order valence-electron chi connectivity index (χ3n) is 5.36. The van der Waals surface area contributed by atoms with Crippen LogP contribution in [-0.2, 0) is 8.85 Å². The molecule has 2 nitrogen and oxygen atoms in total. The first-order valence-corrected chi connectivity index (χ1v) is 14.3. The SMILES string of the molecule is CCCCCCCCCCCCCCCC[Si](CCC)(OCC)OCC. The van der Waals surface area contributed by atoms with Crippen molar-refractivity contribution >= 4 is 8.56 Å². The fraction of sp³-hybridized carbons (Fsp3) is 1.00. The van der Waals surface area contributed by atoms with Crippen molar-refractivity contribution in [2.24, 2.45) is 0 Å². The van der Waals surface area contributed by atoms with Crippen molar-refractivity contribution < 1.29 is 8.85 Å². The second kappa shape index (κ2) is 19.9. The summed E-state index contributed by atoms with van der Waals surface area (Å²) in [7, 11) is -1.90. The molecule has 0 aromatic carbocycles. The van der Waals surface area contributed by atoms with Crippen LogP contribution in [0.25, 0.3) is 0 Å². The Bertz CT molecular complexity index is 254. The lowest BCUT2D eigenvalue weighted by atomic mass is 10.0. The molecule has 0 unspecified atom stereocenters. The van der Waals surface area contributed by atoms with Gasteiger partial charge < -0.3 is 8.85 Å². The van der Waals surface area contributed by atoms with Crippen molar-refractivity contribution in [1.29, 1.82) is 0 Å². The highest BCUT2D eigenvalue weighted by atomic mass is 28.4. The van der Waals surface area contributed by atoms with Gasteiger partial charge in [-0.2, -0.15) is 0 Å². The van der Waals surface area contributed by atoms with Gasteiger partial charge in [0.15, 0.2) is 0 Å². The lowest BCUT2D eigenvalue weighted by molar-refractivity contribution is 0.181. The quantitative estimate of drug-likeness (QED) is 0.146. The van der Waals surface area contributed by atoms with E-state index >= 15 is 0 Å². The zero-order valence-corrected chi connectivity index (χ0v) is 19.8. The highest BCUT2D eigenvalue weighted by molar-refractivity contribution is 6.67. The van der Waals surface area contributed by atoms with Crippen LogP contribution in [-0.4, -0.2) is 21.8 Å². The Hall–Kier alpha value is 0.137. The number of hydrogen-bond acceptors (Lipinski definition) is 2. The number of hydrogen-bond donors (Lipinski definition) is 0. The first-order chi connectivity index (χ1) is 12.7. The molecular formula is C23H50O2Si. The van der Waals surface area contributed by atoms with Gasteiger partial charge in [0.1, 0.15) is 0 Å². The van der Waals surface area contributed by atoms with E-state index < -0.39 is 8.56 Å². The summed E-state index contributed by atoms with van der Waals surface area (Å²) >= 11 is 0. The van der Waals surface area contributed by atoms with Gasteiger partial charge in [-0.3, -0.25) is 0 Å². The van der Waals surface area contributed by atoms with E-state index in [1.807, 2.05) is 0 Å². The van der Waals surface area contributed by atoms with Crippen LogP contribution in [0.5, 0.6) is 0 Å². The predicted molar refractivity (Wildman–Crippen MR) is 119 cm³/mol. The fourth-order valence-electron chi connectivity index (χ4n) is 3.95. The summed E-state index contributed by atoms with van der Waals surface area (Å²) in [5.74, 6) is 0. The molecule has 0 bridgehead atoms. The van der Waals surface area contributed by atoms with Crippen LogP contribution < -0.4 is 0 Å². The molecule has 0 amide bonds. The van der Waals surface area contributed by atoms with Gasteiger partial charge in [0.25, 0.3) is 0 Å². The molecule has 0 heterocycles. The van der Waals surface area contributed by atoms with Crippen LogP contribution in [0.2, 0.25) is 12.1 Å². The molecule has 0 aromatic heterocycles. The van der Waals surface area contributed by atoms with Gasteiger partial charge in [-0.05, 0) is 25.9 Å². The second-order valence-electron chi connectivity index (χ2n) is 7.87. The Morgan fingerprint density at radius 2 is 0.808 bits per heavy atom. The van der Waals surface area contributed by atoms with Crippen LogP contribution in [0.1, 0.15) is 124 Å². The Morgan fingerprint density at radius 3 is 1.15 bits per heavy atom. The average molecular weight is 387 g/mol. The first-order valence-electron chi connectivity index (χ1n) is 12.0. The summed E-state index contributed by atoms with van der Waals surface area (Å²) in [6.45, 7) is 10.4. The van der Waals surface area contributed by atoms with Gasteiger partial charge in [0, 0.05) is 13.2 Å². The summed E-state index contributed by atoms with van der Waals surface area (Å²) in [6.07, 6.45) is 21.1. The lowest BCUT2D eigenvalue weighted by Crippen LogP contribution is -2.42. The summed E-state index contributed by atoms with van der Waals surface area (Å²) in [5, 5.41) is 0. The van der Waals surface area contributed by atoms with E-state index in [9.17, 15) is 0 Å². The third kappa shape index (κ3) is 15.2. The van der Waals surface area contributed by atoms with E-state index in [1.54, 1.807) is 0 Å². The molecule has 0 saturated carbocycles. The van der Waals surface area contributed by atoms with E-state index in [-0.39, 0.29) is 0 Å². The molecule has 0 radical (unpaired) electrons. The molecule has 0 spiro atoms. The molecule has 3 heteroatoms. The predicted octanol–water partition coefficient (Wildman–Crippen LogP) is 8.39. The number of rotatable bonds is 21. The van der Waals surface area contributed by atoms with Gasteiger partial charge in [-0.25, -0.2) is 0 Å². The van der Waals surface area contributed by atoms with Crippen LogP contribution in [0.15, 0.2) is 0 Å². The Labute approximate surface area is 167 Å². The van der Waals surface area contributed by atoms with Crippen LogP contribution in [0, 0.1) is 0 Å². The zero-order chi connectivity index (χ0) is 19.3. The largest absolute Gasteiger partial charge is 0.394 e. The van der Waals surface area contributed by atoms with E-state index in [1.165, 1.54) is 102 Å². The van der Waals surface area contributed by atoms with E-state index in [0.717, 1.165) is 19.3 Å². The molecule has 0 aliphatic rings. The molecule has 0 N–H and O–H groups in total. The minimum atomic E-state index is -1.90. The van der Waals surface area contributed by atoms with Gasteiger partial charge in [0.2, 0.25) is 0 Å². The highest BCUT2D eigenvalue weighted by Crippen LogP contribution is 2.25. The van der Waals surface area contributed by atoms with Crippen LogP contribution >= 0.6 is 0 Å². The van der Waals surface area contributed by atoms with Crippen molar-refractivity contribution in [1.82, 2.24) is 0 Å². The molecule has 0 atom stereocenters. The maximum Gasteiger partial charge on any atom is 0.338 e. The maximum atomic E-state index is 6.14. The van der Waals surface area contributed by atoms with Gasteiger partial charge >= 0.3 is 8.56 Å². The Balaban J connectivity index is 3.52. The van der Waals surface area contributed by atoms with Crippen molar-refractivity contribution in [2.45, 2.75) is 136 Å². The Kier molecular flexibility index (Phi) is 20.0. The normalized spacial score (nSPS) is 12.0. The standard InChI is InChI=1S/C23H50O2Si/c1-5-9-10-11-12-13-14-15-16-17-18-19-20-21-23-26(22-6-2,24-7-3)25-8-4/h5-23H2,1-4H3. The minimum Gasteiger partial charge on any atom is -0.394 e. The molecule has 0 rings (SSSR count). The second-order valence-corrected chi connectivity index (χ2v) is 11.3. The smallest absolute Gasteiger partial charge is 0.338 e. The lowest BCUT2D eigenvalue weighted by Gasteiger charge is -2.29. The summed E-state index contributed by atoms with van der Waals surface area (Å²) in [6, 6.07) is 2.35. The minimum absolute atomic E-state index is 0.810. The van der Waals surface area contributed by atoms with Gasteiger partial charge in [-0.1, -0.05) is 110 Å². The third-order valence-corrected chi connectivity index (χ3v) is 9.36. The van der Waals surface area contributed by atoms with Gasteiger partial charge in [-0.15, -0.1) is 0 Å². The van der Waals surface area contributed by atoms with E-state index in [2.05, 4.69) is 27.7 Å².